The lowest BCUT2D eigenvalue weighted by Gasteiger charge is -2.23. The highest BCUT2D eigenvalue weighted by Gasteiger charge is 2.30. The summed E-state index contributed by atoms with van der Waals surface area (Å²) in [6.45, 7) is 6.67. The molecule has 1 aromatic carbocycles. The lowest BCUT2D eigenvalue weighted by Crippen LogP contribution is -2.50. The number of nitrogens with one attached hydrogen (secondary N) is 2. The van der Waals surface area contributed by atoms with Crippen molar-refractivity contribution in [2.75, 3.05) is 13.7 Å². The highest BCUT2D eigenvalue weighted by Crippen LogP contribution is 2.14. The van der Waals surface area contributed by atoms with E-state index in [4.69, 9.17) is 0 Å². The molecule has 0 aliphatic rings. The van der Waals surface area contributed by atoms with Crippen LogP contribution in [-0.4, -0.2) is 39.5 Å². The van der Waals surface area contributed by atoms with Crippen molar-refractivity contribution in [3.8, 4) is 0 Å². The first kappa shape index (κ1) is 20.1. The number of carbonyl (C=O) groups excluding carboxylic acids is 2. The molecule has 0 aliphatic carbocycles. The number of ether oxygens (including phenoxy) is 1. The van der Waals surface area contributed by atoms with E-state index in [-0.39, 0.29) is 17.9 Å². The molecule has 0 radical (unpaired) electrons. The minimum absolute atomic E-state index is 0.0711. The van der Waals surface area contributed by atoms with Crippen molar-refractivity contribution in [1.29, 1.82) is 0 Å². The van der Waals surface area contributed by atoms with Gasteiger partial charge in [-0.15, -0.1) is 0 Å². The van der Waals surface area contributed by atoms with E-state index in [1.165, 1.54) is 27.0 Å². The molecule has 7 nitrogen and oxygen atoms in total. The Bertz CT molecular complexity index is 726. The molecule has 0 aromatic heterocycles. The molecule has 0 heterocycles. The van der Waals surface area contributed by atoms with Crippen LogP contribution in [0.4, 0.5) is 0 Å². The number of benzene rings is 1. The monoisotopic (exact) mass is 356 g/mol. The Morgan fingerprint density at radius 2 is 1.79 bits per heavy atom. The van der Waals surface area contributed by atoms with Gasteiger partial charge in [-0.1, -0.05) is 6.07 Å². The summed E-state index contributed by atoms with van der Waals surface area (Å²) in [6, 6.07) is 4.83. The molecule has 1 amide bonds. The minimum Gasteiger partial charge on any atom is -0.467 e. The number of hydrogen-bond donors (Lipinski definition) is 2. The van der Waals surface area contributed by atoms with Gasteiger partial charge in [0.2, 0.25) is 15.9 Å². The molecule has 2 N–H and O–H groups in total. The normalized spacial score (nSPS) is 11.9. The van der Waals surface area contributed by atoms with Crippen molar-refractivity contribution in [3.63, 3.8) is 0 Å². The summed E-state index contributed by atoms with van der Waals surface area (Å²) in [6.07, 6.45) is -0.0928. The van der Waals surface area contributed by atoms with Crippen LogP contribution in [0, 0.1) is 13.8 Å². The highest BCUT2D eigenvalue weighted by molar-refractivity contribution is 7.89. The largest absolute Gasteiger partial charge is 0.467 e. The molecule has 0 spiro atoms. The van der Waals surface area contributed by atoms with Gasteiger partial charge in [-0.2, -0.15) is 0 Å². The maximum atomic E-state index is 12.2. The summed E-state index contributed by atoms with van der Waals surface area (Å²) in [5.41, 5.74) is 0.701. The Morgan fingerprint density at radius 3 is 2.33 bits per heavy atom. The number of amides is 1. The summed E-state index contributed by atoms with van der Waals surface area (Å²) in [7, 11) is -2.45. The summed E-state index contributed by atoms with van der Waals surface area (Å²) in [5, 5.41) is 2.50. The van der Waals surface area contributed by atoms with E-state index in [2.05, 4.69) is 14.8 Å². The van der Waals surface area contributed by atoms with Crippen LogP contribution in [0.3, 0.4) is 0 Å². The molecule has 24 heavy (non-hydrogen) atoms. The van der Waals surface area contributed by atoms with Gasteiger partial charge in [0.15, 0.2) is 0 Å². The second-order valence-corrected chi connectivity index (χ2v) is 7.83. The fourth-order valence-electron chi connectivity index (χ4n) is 1.98. The second kappa shape index (κ2) is 7.76. The average molecular weight is 356 g/mol. The summed E-state index contributed by atoms with van der Waals surface area (Å²) < 4.78 is 31.4. The third-order valence-corrected chi connectivity index (χ3v) is 5.04. The van der Waals surface area contributed by atoms with Crippen molar-refractivity contribution in [1.82, 2.24) is 10.0 Å². The second-order valence-electron chi connectivity index (χ2n) is 6.06. The van der Waals surface area contributed by atoms with Crippen LogP contribution in [0.1, 0.15) is 31.4 Å². The molecule has 0 unspecified atom stereocenters. The molecule has 1 aromatic rings. The van der Waals surface area contributed by atoms with Gasteiger partial charge in [-0.25, -0.2) is 17.9 Å². The first-order valence-electron chi connectivity index (χ1n) is 7.46. The van der Waals surface area contributed by atoms with Gasteiger partial charge in [0.25, 0.3) is 0 Å². The Labute approximate surface area is 142 Å². The zero-order chi connectivity index (χ0) is 18.5. The van der Waals surface area contributed by atoms with Gasteiger partial charge in [0, 0.05) is 13.0 Å². The van der Waals surface area contributed by atoms with Crippen LogP contribution in [-0.2, 0) is 24.3 Å². The molecule has 0 atom stereocenters. The van der Waals surface area contributed by atoms with E-state index in [0.717, 1.165) is 11.1 Å². The number of aryl methyl sites for hydroxylation is 2. The van der Waals surface area contributed by atoms with Gasteiger partial charge in [-0.05, 0) is 51.0 Å². The molecule has 8 heteroatoms. The van der Waals surface area contributed by atoms with Crippen LogP contribution in [0.2, 0.25) is 0 Å². The van der Waals surface area contributed by atoms with Gasteiger partial charge >= 0.3 is 5.97 Å². The van der Waals surface area contributed by atoms with Crippen LogP contribution in [0.25, 0.3) is 0 Å². The van der Waals surface area contributed by atoms with Crippen molar-refractivity contribution in [2.24, 2.45) is 0 Å². The molecular formula is C16H24N2O5S. The Morgan fingerprint density at radius 1 is 1.17 bits per heavy atom. The molecule has 0 bridgehead atoms. The Hall–Kier alpha value is -1.93. The zero-order valence-corrected chi connectivity index (χ0v) is 15.4. The van der Waals surface area contributed by atoms with Gasteiger partial charge in [-0.3, -0.25) is 4.79 Å². The topological polar surface area (TPSA) is 102 Å². The van der Waals surface area contributed by atoms with E-state index >= 15 is 0 Å². The fourth-order valence-corrected chi connectivity index (χ4v) is 3.10. The van der Waals surface area contributed by atoms with Crippen molar-refractivity contribution < 1.29 is 22.7 Å². The van der Waals surface area contributed by atoms with E-state index in [0.29, 0.717) is 0 Å². The van der Waals surface area contributed by atoms with Crippen molar-refractivity contribution in [2.45, 2.75) is 44.6 Å². The zero-order valence-electron chi connectivity index (χ0n) is 14.6. The van der Waals surface area contributed by atoms with E-state index in [9.17, 15) is 18.0 Å². The molecular weight excluding hydrogens is 332 g/mol. The molecule has 0 aliphatic heterocycles. The van der Waals surface area contributed by atoms with Gasteiger partial charge in [0.05, 0.1) is 12.0 Å². The Kier molecular flexibility index (Phi) is 6.50. The standard InChI is InChI=1S/C16H24N2O5S/c1-11-6-7-13(10-12(11)2)24(21,22)17-9-8-14(19)18-16(3,4)15(20)23-5/h6-7,10,17H,8-9H2,1-5H3,(H,18,19). The Balaban J connectivity index is 2.61. The molecule has 134 valence electrons. The number of sulfonamides is 1. The number of methoxy groups -OCH3 is 1. The van der Waals surface area contributed by atoms with Crippen LogP contribution < -0.4 is 10.0 Å². The van der Waals surface area contributed by atoms with Crippen LogP contribution in [0.15, 0.2) is 23.1 Å². The predicted molar refractivity (Wildman–Crippen MR) is 90.0 cm³/mol. The average Bonchev–Trinajstić information content (AvgIpc) is 2.48. The third-order valence-electron chi connectivity index (χ3n) is 3.58. The quantitative estimate of drug-likeness (QED) is 0.711. The third kappa shape index (κ3) is 5.31. The number of rotatable bonds is 7. The SMILES string of the molecule is COC(=O)C(C)(C)NC(=O)CCNS(=O)(=O)c1ccc(C)c(C)c1. The highest BCUT2D eigenvalue weighted by atomic mass is 32.2. The van der Waals surface area contributed by atoms with Crippen molar-refractivity contribution in [3.05, 3.63) is 29.3 Å². The molecule has 1 rings (SSSR count). The molecule has 0 fully saturated rings. The van der Waals surface area contributed by atoms with Gasteiger partial charge < -0.3 is 10.1 Å². The molecule has 0 saturated heterocycles. The van der Waals surface area contributed by atoms with E-state index in [1.807, 2.05) is 13.8 Å². The maximum absolute atomic E-state index is 12.2. The lowest BCUT2D eigenvalue weighted by molar-refractivity contribution is -0.149. The predicted octanol–water partition coefficient (Wildman–Crippen LogP) is 1.04. The van der Waals surface area contributed by atoms with E-state index < -0.39 is 27.4 Å². The summed E-state index contributed by atoms with van der Waals surface area (Å²) in [5.74, 6) is -1.03. The van der Waals surface area contributed by atoms with E-state index in [1.54, 1.807) is 12.1 Å². The van der Waals surface area contributed by atoms with Crippen LogP contribution >= 0.6 is 0 Å². The fraction of sp³-hybridized carbons (Fsp3) is 0.500. The number of hydrogen-bond acceptors (Lipinski definition) is 5. The lowest BCUT2D eigenvalue weighted by atomic mass is 10.1. The summed E-state index contributed by atoms with van der Waals surface area (Å²) >= 11 is 0. The summed E-state index contributed by atoms with van der Waals surface area (Å²) in [4.78, 5) is 23.5. The van der Waals surface area contributed by atoms with Gasteiger partial charge in [0.1, 0.15) is 5.54 Å². The number of esters is 1. The number of carbonyl (C=O) groups is 2. The first-order chi connectivity index (χ1) is 11.0. The smallest absolute Gasteiger partial charge is 0.330 e. The van der Waals surface area contributed by atoms with Crippen molar-refractivity contribution >= 4 is 21.9 Å². The van der Waals surface area contributed by atoms with Crippen LogP contribution in [0.5, 0.6) is 0 Å². The first-order valence-corrected chi connectivity index (χ1v) is 8.94. The minimum atomic E-state index is -3.68. The maximum Gasteiger partial charge on any atom is 0.330 e. The molecule has 0 saturated carbocycles.